The molecule has 2 fully saturated rings. The molecular weight excluding hydrogens is 312 g/mol. The smallest absolute Gasteiger partial charge is 0.0719 e. The van der Waals surface area contributed by atoms with Gasteiger partial charge in [0.25, 0.3) is 0 Å². The molecule has 0 aromatic heterocycles. The van der Waals surface area contributed by atoms with Crippen molar-refractivity contribution in [3.63, 3.8) is 0 Å². The molecule has 0 radical (unpaired) electrons. The molecule has 10 atom stereocenters. The Hall–Kier alpha value is -0.160. The number of rotatable bonds is 4. The monoisotopic (exact) mass is 354 g/mol. The van der Waals surface area contributed by atoms with Gasteiger partial charge in [0.15, 0.2) is 0 Å². The lowest BCUT2D eigenvalue weighted by Crippen LogP contribution is -2.59. The van der Waals surface area contributed by atoms with E-state index in [2.05, 4.69) is 41.5 Å². The average molecular weight is 355 g/mol. The van der Waals surface area contributed by atoms with Crippen LogP contribution in [0.5, 0.6) is 0 Å². The van der Waals surface area contributed by atoms with E-state index in [1.807, 2.05) is 0 Å². The van der Waals surface area contributed by atoms with Crippen molar-refractivity contribution in [1.29, 1.82) is 0 Å². The Labute approximate surface area is 154 Å². The van der Waals surface area contributed by atoms with Gasteiger partial charge in [0.1, 0.15) is 0 Å². The average Bonchev–Trinajstić information content (AvgIpc) is 2.57. The number of hydrogen-bond donors (Lipinski definition) is 4. The van der Waals surface area contributed by atoms with Crippen molar-refractivity contribution in [3.05, 3.63) is 0 Å². The number of hydrogen-bond acceptors (Lipinski definition) is 4. The molecule has 0 heterocycles. The fourth-order valence-corrected chi connectivity index (χ4v) is 6.35. The maximum Gasteiger partial charge on any atom is 0.0719 e. The Bertz CT molecular complexity index is 410. The summed E-state index contributed by atoms with van der Waals surface area (Å²) in [5.74, 6) is 2.05. The van der Waals surface area contributed by atoms with Crippen LogP contribution in [0, 0.1) is 40.9 Å². The van der Waals surface area contributed by atoms with Crippen molar-refractivity contribution in [2.24, 2.45) is 52.4 Å². The van der Waals surface area contributed by atoms with Gasteiger partial charge in [-0.15, -0.1) is 0 Å². The SMILES string of the molecule is CCCC(C)(C1CC(C)C(O)C(N)C1C)C1CC(C)C(O)C(N)C1C. The van der Waals surface area contributed by atoms with E-state index in [9.17, 15) is 10.2 Å². The molecule has 10 unspecified atom stereocenters. The van der Waals surface area contributed by atoms with Gasteiger partial charge in [-0.25, -0.2) is 0 Å². The van der Waals surface area contributed by atoms with Crippen molar-refractivity contribution in [1.82, 2.24) is 0 Å². The molecule has 4 heteroatoms. The summed E-state index contributed by atoms with van der Waals surface area (Å²) in [7, 11) is 0. The summed E-state index contributed by atoms with van der Waals surface area (Å²) in [6, 6.07) is -0.305. The van der Waals surface area contributed by atoms with E-state index in [0.717, 1.165) is 25.7 Å². The van der Waals surface area contributed by atoms with Crippen LogP contribution in [-0.4, -0.2) is 34.5 Å². The molecule has 6 N–H and O–H groups in total. The first kappa shape index (κ1) is 21.1. The van der Waals surface area contributed by atoms with Gasteiger partial charge in [-0.05, 0) is 60.2 Å². The van der Waals surface area contributed by atoms with E-state index in [4.69, 9.17) is 11.5 Å². The standard InChI is InChI=1S/C21H42N2O2/c1-7-8-21(6,15-9-11(2)19(24)17(22)13(15)4)16-10-12(3)20(25)18(23)14(16)5/h11-20,24-25H,7-10,22-23H2,1-6H3. The van der Waals surface area contributed by atoms with Crippen LogP contribution in [0.2, 0.25) is 0 Å². The highest BCUT2D eigenvalue weighted by atomic mass is 16.3. The number of aliphatic hydroxyl groups excluding tert-OH is 2. The lowest BCUT2D eigenvalue weighted by atomic mass is 9.50. The first-order valence-corrected chi connectivity index (χ1v) is 10.4. The summed E-state index contributed by atoms with van der Waals surface area (Å²) in [4.78, 5) is 0. The van der Waals surface area contributed by atoms with Gasteiger partial charge in [0.2, 0.25) is 0 Å². The van der Waals surface area contributed by atoms with Crippen molar-refractivity contribution >= 4 is 0 Å². The molecular formula is C21H42N2O2. The highest BCUT2D eigenvalue weighted by molar-refractivity contribution is 5.04. The summed E-state index contributed by atoms with van der Waals surface area (Å²) in [6.07, 6.45) is 3.56. The van der Waals surface area contributed by atoms with Gasteiger partial charge in [-0.2, -0.15) is 0 Å². The molecule has 25 heavy (non-hydrogen) atoms. The largest absolute Gasteiger partial charge is 0.391 e. The minimum absolute atomic E-state index is 0.144. The summed E-state index contributed by atoms with van der Waals surface area (Å²) in [6.45, 7) is 13.4. The van der Waals surface area contributed by atoms with Gasteiger partial charge in [-0.1, -0.05) is 48.0 Å². The maximum absolute atomic E-state index is 10.4. The van der Waals surface area contributed by atoms with Crippen LogP contribution < -0.4 is 11.5 Å². The van der Waals surface area contributed by atoms with E-state index >= 15 is 0 Å². The zero-order chi connectivity index (χ0) is 19.1. The second kappa shape index (κ2) is 7.84. The fraction of sp³-hybridized carbons (Fsp3) is 1.00. The predicted octanol–water partition coefficient (Wildman–Crippen LogP) is 2.75. The third kappa shape index (κ3) is 3.65. The predicted molar refractivity (Wildman–Crippen MR) is 104 cm³/mol. The van der Waals surface area contributed by atoms with E-state index in [-0.39, 0.29) is 29.3 Å². The third-order valence-electron chi connectivity index (χ3n) is 8.17. The Balaban J connectivity index is 2.37. The fourth-order valence-electron chi connectivity index (χ4n) is 6.35. The molecule has 0 aromatic carbocycles. The van der Waals surface area contributed by atoms with E-state index in [1.54, 1.807) is 0 Å². The second-order valence-electron chi connectivity index (χ2n) is 9.75. The van der Waals surface area contributed by atoms with Gasteiger partial charge < -0.3 is 21.7 Å². The van der Waals surface area contributed by atoms with E-state index in [1.165, 1.54) is 0 Å². The summed E-state index contributed by atoms with van der Waals surface area (Å²) in [5.41, 5.74) is 13.0. The van der Waals surface area contributed by atoms with E-state index in [0.29, 0.717) is 23.7 Å². The number of aliphatic hydroxyl groups is 2. The van der Waals surface area contributed by atoms with Crippen LogP contribution in [0.25, 0.3) is 0 Å². The molecule has 2 aliphatic rings. The van der Waals surface area contributed by atoms with Gasteiger partial charge >= 0.3 is 0 Å². The molecule has 0 amide bonds. The molecule has 0 spiro atoms. The zero-order valence-corrected chi connectivity index (χ0v) is 17.2. The third-order valence-corrected chi connectivity index (χ3v) is 8.17. The molecule has 148 valence electrons. The van der Waals surface area contributed by atoms with Gasteiger partial charge in [0, 0.05) is 12.1 Å². The maximum atomic E-state index is 10.4. The molecule has 0 aliphatic heterocycles. The molecule has 2 rings (SSSR count). The summed E-state index contributed by atoms with van der Waals surface area (Å²) < 4.78 is 0. The molecule has 4 nitrogen and oxygen atoms in total. The lowest BCUT2D eigenvalue weighted by Gasteiger charge is -2.57. The van der Waals surface area contributed by atoms with Crippen LogP contribution in [0.3, 0.4) is 0 Å². The van der Waals surface area contributed by atoms with Crippen molar-refractivity contribution < 1.29 is 10.2 Å². The number of nitrogens with two attached hydrogens (primary N) is 2. The topological polar surface area (TPSA) is 92.5 Å². The van der Waals surface area contributed by atoms with Crippen LogP contribution in [0.15, 0.2) is 0 Å². The normalized spacial score (nSPS) is 51.1. The quantitative estimate of drug-likeness (QED) is 0.624. The molecule has 2 aliphatic carbocycles. The first-order chi connectivity index (χ1) is 11.6. The molecule has 0 saturated heterocycles. The highest BCUT2D eigenvalue weighted by Gasteiger charge is 2.53. The minimum atomic E-state index is -0.399. The van der Waals surface area contributed by atoms with Gasteiger partial charge in [-0.3, -0.25) is 0 Å². The molecule has 2 saturated carbocycles. The summed E-state index contributed by atoms with van der Waals surface area (Å²) >= 11 is 0. The summed E-state index contributed by atoms with van der Waals surface area (Å²) in [5, 5.41) is 20.9. The van der Waals surface area contributed by atoms with Crippen molar-refractivity contribution in [2.45, 2.75) is 91.5 Å². The van der Waals surface area contributed by atoms with Crippen LogP contribution in [0.4, 0.5) is 0 Å². The Morgan fingerprint density at radius 2 is 1.20 bits per heavy atom. The Morgan fingerprint density at radius 1 is 0.840 bits per heavy atom. The molecule has 0 bridgehead atoms. The first-order valence-electron chi connectivity index (χ1n) is 10.4. The van der Waals surface area contributed by atoms with E-state index < -0.39 is 12.2 Å². The van der Waals surface area contributed by atoms with Gasteiger partial charge in [0.05, 0.1) is 12.2 Å². The highest BCUT2D eigenvalue weighted by Crippen LogP contribution is 2.55. The molecule has 0 aromatic rings. The Morgan fingerprint density at radius 3 is 1.52 bits per heavy atom. The van der Waals surface area contributed by atoms with Crippen LogP contribution in [-0.2, 0) is 0 Å². The lowest BCUT2D eigenvalue weighted by molar-refractivity contribution is -0.101. The zero-order valence-electron chi connectivity index (χ0n) is 17.2. The minimum Gasteiger partial charge on any atom is -0.391 e. The van der Waals surface area contributed by atoms with Crippen LogP contribution >= 0.6 is 0 Å². The van der Waals surface area contributed by atoms with Crippen LogP contribution in [0.1, 0.15) is 67.2 Å². The van der Waals surface area contributed by atoms with Crippen molar-refractivity contribution in [3.8, 4) is 0 Å². The Kier molecular flexibility index (Phi) is 6.63. The van der Waals surface area contributed by atoms with Crippen molar-refractivity contribution in [2.75, 3.05) is 0 Å². The second-order valence-corrected chi connectivity index (χ2v) is 9.75.